The van der Waals surface area contributed by atoms with E-state index < -0.39 is 7.12 Å². The minimum absolute atomic E-state index is 0.202. The van der Waals surface area contributed by atoms with Gasteiger partial charge in [-0.25, -0.2) is 0 Å². The van der Waals surface area contributed by atoms with Gasteiger partial charge in [0.05, 0.1) is 0 Å². The summed E-state index contributed by atoms with van der Waals surface area (Å²) in [5.41, 5.74) is 2.85. The molecule has 0 spiro atoms. The van der Waals surface area contributed by atoms with Crippen LogP contribution in [0.25, 0.3) is 0 Å². The van der Waals surface area contributed by atoms with Crippen molar-refractivity contribution < 1.29 is 19.6 Å². The van der Waals surface area contributed by atoms with E-state index in [-0.39, 0.29) is 5.91 Å². The molecule has 0 aliphatic rings. The zero-order valence-electron chi connectivity index (χ0n) is 14.7. The van der Waals surface area contributed by atoms with Crippen molar-refractivity contribution in [3.63, 3.8) is 0 Å². The average molecular weight is 361 g/mol. The fraction of sp³-hybridized carbons (Fsp3) is 0.0952. The van der Waals surface area contributed by atoms with E-state index in [1.165, 1.54) is 0 Å². The van der Waals surface area contributed by atoms with Gasteiger partial charge in [-0.3, -0.25) is 4.79 Å². The van der Waals surface area contributed by atoms with E-state index in [2.05, 4.69) is 5.32 Å². The van der Waals surface area contributed by atoms with Crippen molar-refractivity contribution in [2.75, 3.05) is 0 Å². The molecule has 0 saturated carbocycles. The van der Waals surface area contributed by atoms with Crippen molar-refractivity contribution >= 4 is 18.5 Å². The first-order valence-electron chi connectivity index (χ1n) is 8.62. The van der Waals surface area contributed by atoms with Crippen LogP contribution in [0.4, 0.5) is 0 Å². The molecule has 0 aromatic heterocycles. The predicted octanol–water partition coefficient (Wildman–Crippen LogP) is 1.88. The lowest BCUT2D eigenvalue weighted by molar-refractivity contribution is 0.0950. The molecule has 27 heavy (non-hydrogen) atoms. The van der Waals surface area contributed by atoms with Crippen LogP contribution in [0.15, 0.2) is 78.9 Å². The molecule has 3 aromatic carbocycles. The summed E-state index contributed by atoms with van der Waals surface area (Å²) in [5.74, 6) is 0.430. The third-order valence-electron chi connectivity index (χ3n) is 4.08. The van der Waals surface area contributed by atoms with E-state index in [1.807, 2.05) is 36.4 Å². The van der Waals surface area contributed by atoms with Gasteiger partial charge in [0.15, 0.2) is 0 Å². The van der Waals surface area contributed by atoms with Crippen LogP contribution >= 0.6 is 0 Å². The summed E-state index contributed by atoms with van der Waals surface area (Å²) in [4.78, 5) is 12.4. The molecule has 1 amide bonds. The highest BCUT2D eigenvalue weighted by Crippen LogP contribution is 2.15. The fourth-order valence-corrected chi connectivity index (χ4v) is 2.56. The van der Waals surface area contributed by atoms with Crippen LogP contribution in [0.3, 0.4) is 0 Å². The molecule has 136 valence electrons. The number of carbonyl (C=O) groups is 1. The van der Waals surface area contributed by atoms with Gasteiger partial charge in [-0.1, -0.05) is 60.7 Å². The molecule has 3 N–H and O–H groups in total. The quantitative estimate of drug-likeness (QED) is 0.562. The maximum Gasteiger partial charge on any atom is 0.488 e. The number of carbonyl (C=O) groups excluding carboxylic acids is 1. The summed E-state index contributed by atoms with van der Waals surface area (Å²) in [7, 11) is -1.49. The number of amides is 1. The lowest BCUT2D eigenvalue weighted by Gasteiger charge is -2.09. The second-order valence-corrected chi connectivity index (χ2v) is 6.10. The van der Waals surface area contributed by atoms with Gasteiger partial charge in [0.25, 0.3) is 5.91 Å². The summed E-state index contributed by atoms with van der Waals surface area (Å²) in [6.45, 7) is 0.782. The molecule has 3 aromatic rings. The lowest BCUT2D eigenvalue weighted by atomic mass is 9.80. The van der Waals surface area contributed by atoms with Crippen molar-refractivity contribution in [2.24, 2.45) is 0 Å². The molecule has 0 unspecified atom stereocenters. The molecule has 0 bridgehead atoms. The summed E-state index contributed by atoms with van der Waals surface area (Å²) in [5, 5.41) is 21.0. The third-order valence-corrected chi connectivity index (χ3v) is 4.08. The number of hydrogen-bond acceptors (Lipinski definition) is 4. The molecule has 0 fully saturated rings. The Morgan fingerprint density at radius 3 is 2.33 bits per heavy atom. The first-order valence-corrected chi connectivity index (χ1v) is 8.62. The molecular formula is C21H20BNO4. The van der Waals surface area contributed by atoms with Gasteiger partial charge in [0.1, 0.15) is 12.4 Å². The smallest absolute Gasteiger partial charge is 0.488 e. The monoisotopic (exact) mass is 361 g/mol. The van der Waals surface area contributed by atoms with E-state index in [1.54, 1.807) is 42.5 Å². The maximum absolute atomic E-state index is 12.4. The number of benzene rings is 3. The summed E-state index contributed by atoms with van der Waals surface area (Å²) < 4.78 is 5.75. The van der Waals surface area contributed by atoms with Gasteiger partial charge < -0.3 is 20.1 Å². The molecule has 5 nitrogen and oxygen atoms in total. The molecule has 0 radical (unpaired) electrons. The molecule has 0 heterocycles. The van der Waals surface area contributed by atoms with Crippen LogP contribution in [0.2, 0.25) is 0 Å². The Kier molecular flexibility index (Phi) is 6.25. The Bertz CT molecular complexity index is 882. The van der Waals surface area contributed by atoms with E-state index in [0.29, 0.717) is 29.9 Å². The van der Waals surface area contributed by atoms with Crippen molar-refractivity contribution in [3.05, 3.63) is 95.6 Å². The molecule has 0 saturated heterocycles. The Labute approximate surface area is 158 Å². The number of ether oxygens (including phenoxy) is 1. The van der Waals surface area contributed by atoms with Crippen molar-refractivity contribution in [1.82, 2.24) is 5.32 Å². The van der Waals surface area contributed by atoms with Crippen LogP contribution < -0.4 is 15.5 Å². The first-order chi connectivity index (χ1) is 13.1. The molecular weight excluding hydrogens is 341 g/mol. The topological polar surface area (TPSA) is 78.8 Å². The molecule has 6 heteroatoms. The second kappa shape index (κ2) is 9.03. The standard InChI is InChI=1S/C21H20BNO4/c24-21(23-14-16-9-11-19(12-10-16)22(25)26)18-7-4-8-20(13-18)27-15-17-5-2-1-3-6-17/h1-13,25-26H,14-15H2,(H,23,24). The summed E-state index contributed by atoms with van der Waals surface area (Å²) in [6, 6.07) is 23.6. The highest BCUT2D eigenvalue weighted by Gasteiger charge is 2.10. The van der Waals surface area contributed by atoms with Crippen molar-refractivity contribution in [2.45, 2.75) is 13.2 Å². The van der Waals surface area contributed by atoms with Crippen molar-refractivity contribution in [3.8, 4) is 5.75 Å². The van der Waals surface area contributed by atoms with Gasteiger partial charge in [-0.05, 0) is 34.8 Å². The third kappa shape index (κ3) is 5.44. The Hall–Kier alpha value is -3.09. The normalized spacial score (nSPS) is 10.3. The minimum atomic E-state index is -1.49. The van der Waals surface area contributed by atoms with Gasteiger partial charge in [-0.2, -0.15) is 0 Å². The van der Waals surface area contributed by atoms with Crippen LogP contribution in [0, 0.1) is 0 Å². The fourth-order valence-electron chi connectivity index (χ4n) is 2.56. The molecule has 0 atom stereocenters. The van der Waals surface area contributed by atoms with Gasteiger partial charge >= 0.3 is 7.12 Å². The van der Waals surface area contributed by atoms with Gasteiger partial charge in [0.2, 0.25) is 0 Å². The summed E-state index contributed by atoms with van der Waals surface area (Å²) in [6.07, 6.45) is 0. The zero-order valence-corrected chi connectivity index (χ0v) is 14.7. The summed E-state index contributed by atoms with van der Waals surface area (Å²) >= 11 is 0. The first kappa shape index (κ1) is 18.7. The largest absolute Gasteiger partial charge is 0.489 e. The van der Waals surface area contributed by atoms with Gasteiger partial charge in [0, 0.05) is 12.1 Å². The van der Waals surface area contributed by atoms with Crippen molar-refractivity contribution in [1.29, 1.82) is 0 Å². The molecule has 0 aliphatic heterocycles. The predicted molar refractivity (Wildman–Crippen MR) is 105 cm³/mol. The molecule has 3 rings (SSSR count). The number of hydrogen-bond donors (Lipinski definition) is 3. The zero-order chi connectivity index (χ0) is 19.1. The Balaban J connectivity index is 1.56. The van der Waals surface area contributed by atoms with Crippen LogP contribution in [0.5, 0.6) is 5.75 Å². The highest BCUT2D eigenvalue weighted by atomic mass is 16.5. The highest BCUT2D eigenvalue weighted by molar-refractivity contribution is 6.58. The van der Waals surface area contributed by atoms with Crippen LogP contribution in [-0.2, 0) is 13.2 Å². The SMILES string of the molecule is O=C(NCc1ccc(B(O)O)cc1)c1cccc(OCc2ccccc2)c1. The number of nitrogens with one attached hydrogen (secondary N) is 1. The van der Waals surface area contributed by atoms with E-state index in [9.17, 15) is 4.79 Å². The second-order valence-electron chi connectivity index (χ2n) is 6.10. The maximum atomic E-state index is 12.4. The van der Waals surface area contributed by atoms with E-state index >= 15 is 0 Å². The molecule has 0 aliphatic carbocycles. The Morgan fingerprint density at radius 1 is 0.889 bits per heavy atom. The Morgan fingerprint density at radius 2 is 1.63 bits per heavy atom. The minimum Gasteiger partial charge on any atom is -0.489 e. The van der Waals surface area contributed by atoms with E-state index in [0.717, 1.165) is 11.1 Å². The van der Waals surface area contributed by atoms with E-state index in [4.69, 9.17) is 14.8 Å². The van der Waals surface area contributed by atoms with Crippen LogP contribution in [-0.4, -0.2) is 23.1 Å². The van der Waals surface area contributed by atoms with Crippen LogP contribution in [0.1, 0.15) is 21.5 Å². The average Bonchev–Trinajstić information content (AvgIpc) is 2.72. The lowest BCUT2D eigenvalue weighted by Crippen LogP contribution is -2.29. The number of rotatable bonds is 7. The van der Waals surface area contributed by atoms with Gasteiger partial charge in [-0.15, -0.1) is 0 Å².